The first-order valence-electron chi connectivity index (χ1n) is 13.4. The first kappa shape index (κ1) is 23.8. The monoisotopic (exact) mass is 467 g/mol. The fourth-order valence-electron chi connectivity index (χ4n) is 7.33. The number of carbonyl (C=O) groups is 2. The molecule has 6 heteroatoms. The maximum atomic E-state index is 13.1. The lowest BCUT2D eigenvalue weighted by atomic mass is 9.66. The molecule has 3 fully saturated rings. The van der Waals surface area contributed by atoms with E-state index in [1.807, 2.05) is 17.9 Å². The molecule has 5 aliphatic rings. The number of allylic oxidation sites excluding steroid dienone is 4. The molecule has 2 saturated heterocycles. The van der Waals surface area contributed by atoms with E-state index in [2.05, 4.69) is 23.2 Å². The molecule has 1 spiro atoms. The van der Waals surface area contributed by atoms with Crippen LogP contribution in [0.4, 0.5) is 4.79 Å². The zero-order valence-corrected chi connectivity index (χ0v) is 21.2. The van der Waals surface area contributed by atoms with Crippen molar-refractivity contribution in [2.45, 2.75) is 83.8 Å². The van der Waals surface area contributed by atoms with Gasteiger partial charge in [0.15, 0.2) is 5.78 Å². The van der Waals surface area contributed by atoms with Crippen molar-refractivity contribution < 1.29 is 14.7 Å². The molecule has 0 aromatic heterocycles. The minimum absolute atomic E-state index is 0.0575. The number of likely N-dealkylation sites (tertiary alicyclic amines) is 2. The van der Waals surface area contributed by atoms with E-state index in [-0.39, 0.29) is 17.7 Å². The number of Topliss-reactive ketones (excluding diaryl/α,β-unsaturated/α-hetero) is 1. The molecule has 0 radical (unpaired) electrons. The highest BCUT2D eigenvalue weighted by molar-refractivity contribution is 6.10. The van der Waals surface area contributed by atoms with Crippen LogP contribution in [0.5, 0.6) is 0 Å². The molecule has 2 heterocycles. The fraction of sp³-hybridized carbons (Fsp3) is 0.714. The van der Waals surface area contributed by atoms with Crippen molar-refractivity contribution in [3.63, 3.8) is 0 Å². The van der Waals surface area contributed by atoms with Crippen LogP contribution >= 0.6 is 0 Å². The van der Waals surface area contributed by atoms with Crippen molar-refractivity contribution in [3.05, 3.63) is 34.4 Å². The molecule has 2 amide bonds. The van der Waals surface area contributed by atoms with E-state index in [1.165, 1.54) is 32.4 Å². The van der Waals surface area contributed by atoms with Crippen LogP contribution < -0.4 is 5.32 Å². The Morgan fingerprint density at radius 1 is 1.12 bits per heavy atom. The predicted molar refractivity (Wildman–Crippen MR) is 133 cm³/mol. The second-order valence-corrected chi connectivity index (χ2v) is 11.4. The Bertz CT molecular complexity index is 948. The van der Waals surface area contributed by atoms with Gasteiger partial charge in [0, 0.05) is 36.7 Å². The van der Waals surface area contributed by atoms with Crippen LogP contribution in [0.1, 0.15) is 72.1 Å². The first-order chi connectivity index (χ1) is 16.3. The third-order valence-corrected chi connectivity index (χ3v) is 9.43. The summed E-state index contributed by atoms with van der Waals surface area (Å²) in [5, 5.41) is 14.4. The molecule has 3 atom stereocenters. The quantitative estimate of drug-likeness (QED) is 0.600. The number of amides is 2. The zero-order valence-electron chi connectivity index (χ0n) is 21.2. The Hall–Kier alpha value is -1.92. The summed E-state index contributed by atoms with van der Waals surface area (Å²) in [6.07, 6.45) is 12.8. The SMILES string of the molecule is CC1=CC2=C(C)[C@]3(CC3CCCNC(=O)N3CCC(N4CCCCC4)CC3)C(C)(O)C(=O)C2=C1. The molecule has 0 bridgehead atoms. The first-order valence-corrected chi connectivity index (χ1v) is 13.4. The third kappa shape index (κ3) is 3.87. The molecule has 2 unspecified atom stereocenters. The standard InChI is InChI=1S/C28H41N3O3/c1-19-16-23-20(2)28(27(3,34)25(32)24(23)17-19)18-21(28)8-7-11-29-26(33)31-14-9-22(10-15-31)30-12-5-4-6-13-30/h16-17,21-22,34H,4-15,18H2,1-3H3,(H,29,33)/t21?,27?,28-/m0/s1. The van der Waals surface area contributed by atoms with E-state index in [4.69, 9.17) is 0 Å². The lowest BCUT2D eigenvalue weighted by Crippen LogP contribution is -2.50. The molecule has 2 aliphatic heterocycles. The number of ketones is 1. The van der Waals surface area contributed by atoms with E-state index in [0.29, 0.717) is 18.2 Å². The molecule has 34 heavy (non-hydrogen) atoms. The number of aliphatic hydroxyl groups is 1. The van der Waals surface area contributed by atoms with Gasteiger partial charge in [-0.2, -0.15) is 0 Å². The van der Waals surface area contributed by atoms with Crippen LogP contribution in [0.15, 0.2) is 34.4 Å². The van der Waals surface area contributed by atoms with Gasteiger partial charge in [-0.05, 0) is 102 Å². The van der Waals surface area contributed by atoms with Gasteiger partial charge < -0.3 is 20.2 Å². The summed E-state index contributed by atoms with van der Waals surface area (Å²) in [5.41, 5.74) is 2.14. The van der Waals surface area contributed by atoms with Crippen molar-refractivity contribution in [2.24, 2.45) is 11.3 Å². The molecular formula is C28H41N3O3. The molecule has 0 aromatic carbocycles. The highest BCUT2D eigenvalue weighted by Crippen LogP contribution is 2.69. The number of hydrogen-bond acceptors (Lipinski definition) is 4. The summed E-state index contributed by atoms with van der Waals surface area (Å²) >= 11 is 0. The minimum Gasteiger partial charge on any atom is -0.381 e. The molecule has 6 nitrogen and oxygen atoms in total. The third-order valence-electron chi connectivity index (χ3n) is 9.43. The lowest BCUT2D eigenvalue weighted by Gasteiger charge is -2.40. The summed E-state index contributed by atoms with van der Waals surface area (Å²) in [6, 6.07) is 0.703. The molecule has 186 valence electrons. The Morgan fingerprint density at radius 3 is 2.53 bits per heavy atom. The zero-order chi connectivity index (χ0) is 24.1. The van der Waals surface area contributed by atoms with Crippen LogP contribution in [0.3, 0.4) is 0 Å². The van der Waals surface area contributed by atoms with Crippen LogP contribution in [0.25, 0.3) is 0 Å². The number of hydrogen-bond donors (Lipinski definition) is 2. The lowest BCUT2D eigenvalue weighted by molar-refractivity contribution is -0.138. The van der Waals surface area contributed by atoms with Gasteiger partial charge in [-0.15, -0.1) is 0 Å². The van der Waals surface area contributed by atoms with Gasteiger partial charge in [0.2, 0.25) is 0 Å². The Balaban J connectivity index is 1.09. The number of nitrogens with zero attached hydrogens (tertiary/aromatic N) is 2. The van der Waals surface area contributed by atoms with Crippen LogP contribution in [-0.4, -0.2) is 71.1 Å². The van der Waals surface area contributed by atoms with E-state index in [9.17, 15) is 14.7 Å². The topological polar surface area (TPSA) is 72.9 Å². The van der Waals surface area contributed by atoms with Crippen molar-refractivity contribution in [1.29, 1.82) is 0 Å². The number of urea groups is 1. The summed E-state index contributed by atoms with van der Waals surface area (Å²) in [7, 11) is 0. The normalized spacial score (nSPS) is 34.3. The highest BCUT2D eigenvalue weighted by Gasteiger charge is 2.70. The average molecular weight is 468 g/mol. The fourth-order valence-corrected chi connectivity index (χ4v) is 7.33. The molecule has 0 aromatic rings. The highest BCUT2D eigenvalue weighted by atomic mass is 16.3. The van der Waals surface area contributed by atoms with Gasteiger partial charge in [0.05, 0.1) is 0 Å². The van der Waals surface area contributed by atoms with Crippen molar-refractivity contribution in [3.8, 4) is 0 Å². The van der Waals surface area contributed by atoms with Gasteiger partial charge in [-0.1, -0.05) is 18.1 Å². The van der Waals surface area contributed by atoms with E-state index in [0.717, 1.165) is 61.9 Å². The van der Waals surface area contributed by atoms with Crippen LogP contribution in [0, 0.1) is 11.3 Å². The second-order valence-electron chi connectivity index (χ2n) is 11.4. The summed E-state index contributed by atoms with van der Waals surface area (Å²) in [6.45, 7) is 10.6. The number of nitrogens with one attached hydrogen (secondary N) is 1. The Kier molecular flexibility index (Phi) is 6.26. The van der Waals surface area contributed by atoms with Crippen molar-refractivity contribution >= 4 is 11.8 Å². The summed E-state index contributed by atoms with van der Waals surface area (Å²) < 4.78 is 0. The van der Waals surface area contributed by atoms with E-state index < -0.39 is 11.0 Å². The number of fused-ring (bicyclic) bond motifs is 1. The van der Waals surface area contributed by atoms with Gasteiger partial charge in [-0.25, -0.2) is 4.79 Å². The molecule has 5 rings (SSSR count). The van der Waals surface area contributed by atoms with Gasteiger partial charge >= 0.3 is 6.03 Å². The number of rotatable bonds is 5. The molecule has 1 saturated carbocycles. The smallest absolute Gasteiger partial charge is 0.317 e. The van der Waals surface area contributed by atoms with Crippen molar-refractivity contribution in [2.75, 3.05) is 32.7 Å². The predicted octanol–water partition coefficient (Wildman–Crippen LogP) is 3.97. The van der Waals surface area contributed by atoms with E-state index >= 15 is 0 Å². The maximum absolute atomic E-state index is 13.1. The van der Waals surface area contributed by atoms with Crippen LogP contribution in [-0.2, 0) is 4.79 Å². The Morgan fingerprint density at radius 2 is 1.82 bits per heavy atom. The van der Waals surface area contributed by atoms with Gasteiger partial charge in [0.25, 0.3) is 0 Å². The van der Waals surface area contributed by atoms with Crippen LogP contribution in [0.2, 0.25) is 0 Å². The average Bonchev–Trinajstić information content (AvgIpc) is 3.46. The largest absolute Gasteiger partial charge is 0.381 e. The van der Waals surface area contributed by atoms with E-state index in [1.54, 1.807) is 6.92 Å². The number of piperidine rings is 2. The van der Waals surface area contributed by atoms with Gasteiger partial charge in [0.1, 0.15) is 5.60 Å². The second kappa shape index (κ2) is 8.94. The minimum atomic E-state index is -1.35. The Labute approximate surface area is 204 Å². The molecular weight excluding hydrogens is 426 g/mol. The van der Waals surface area contributed by atoms with Crippen molar-refractivity contribution in [1.82, 2.24) is 15.1 Å². The molecule has 2 N–H and O–H groups in total. The molecule has 3 aliphatic carbocycles. The number of carbonyl (C=O) groups excluding carboxylic acids is 2. The summed E-state index contributed by atoms with van der Waals surface area (Å²) in [5.74, 6) is 0.150. The van der Waals surface area contributed by atoms with Gasteiger partial charge in [-0.3, -0.25) is 4.79 Å². The summed E-state index contributed by atoms with van der Waals surface area (Å²) in [4.78, 5) is 30.4. The maximum Gasteiger partial charge on any atom is 0.317 e.